The molecule has 0 spiro atoms. The fraction of sp³-hybridized carbons (Fsp3) is 0.667. The van der Waals surface area contributed by atoms with E-state index < -0.39 is 0 Å². The predicted molar refractivity (Wildman–Crippen MR) is 113 cm³/mol. The Morgan fingerprint density at radius 2 is 1.90 bits per heavy atom. The van der Waals surface area contributed by atoms with Crippen LogP contribution in [0.15, 0.2) is 24.3 Å². The van der Waals surface area contributed by atoms with Gasteiger partial charge in [0.25, 0.3) is 0 Å². The van der Waals surface area contributed by atoms with Gasteiger partial charge < -0.3 is 14.5 Å². The average molecular weight is 399 g/mol. The number of piperidine rings is 2. The maximum Gasteiger partial charge on any atom is 0.225 e. The maximum absolute atomic E-state index is 13.0. The molecule has 3 aliphatic rings. The Morgan fingerprint density at radius 1 is 1.10 bits per heavy atom. The Kier molecular flexibility index (Phi) is 6.41. The van der Waals surface area contributed by atoms with Crippen LogP contribution in [0.4, 0.5) is 0 Å². The third-order valence-electron chi connectivity index (χ3n) is 7.22. The van der Waals surface area contributed by atoms with E-state index in [0.717, 1.165) is 63.1 Å². The number of para-hydroxylation sites is 1. The van der Waals surface area contributed by atoms with Crippen molar-refractivity contribution in [2.75, 3.05) is 26.7 Å². The number of fused-ring (bicyclic) bond motifs is 1. The SMILES string of the molecule is COc1ccccc1CCN1C(=O)CC[C@@H]2CN(C(=O)C3CCCCC3)CC[C@@H]21. The number of likely N-dealkylation sites (tertiary alicyclic amines) is 2. The first-order chi connectivity index (χ1) is 14.2. The summed E-state index contributed by atoms with van der Waals surface area (Å²) in [6.45, 7) is 2.37. The first kappa shape index (κ1) is 20.2. The molecule has 1 aromatic carbocycles. The number of hydrogen-bond acceptors (Lipinski definition) is 3. The third-order valence-corrected chi connectivity index (χ3v) is 7.22. The summed E-state index contributed by atoms with van der Waals surface area (Å²) < 4.78 is 5.47. The Morgan fingerprint density at radius 3 is 2.69 bits per heavy atom. The van der Waals surface area contributed by atoms with Gasteiger partial charge >= 0.3 is 0 Å². The second-order valence-electron chi connectivity index (χ2n) is 8.92. The van der Waals surface area contributed by atoms with Crippen LogP contribution in [0.25, 0.3) is 0 Å². The molecule has 3 fully saturated rings. The number of methoxy groups -OCH3 is 1. The normalized spacial score (nSPS) is 25.6. The van der Waals surface area contributed by atoms with E-state index in [-0.39, 0.29) is 17.9 Å². The van der Waals surface area contributed by atoms with Crippen molar-refractivity contribution in [3.8, 4) is 5.75 Å². The lowest BCUT2D eigenvalue weighted by Crippen LogP contribution is -2.57. The summed E-state index contributed by atoms with van der Waals surface area (Å²) in [7, 11) is 1.69. The van der Waals surface area contributed by atoms with E-state index in [0.29, 0.717) is 18.2 Å². The van der Waals surface area contributed by atoms with Gasteiger partial charge in [-0.25, -0.2) is 0 Å². The molecular weight excluding hydrogens is 364 g/mol. The molecule has 2 heterocycles. The van der Waals surface area contributed by atoms with Gasteiger partial charge in [-0.1, -0.05) is 37.5 Å². The van der Waals surface area contributed by atoms with Gasteiger partial charge in [0.2, 0.25) is 11.8 Å². The molecule has 1 saturated carbocycles. The van der Waals surface area contributed by atoms with Gasteiger partial charge in [0.05, 0.1) is 7.11 Å². The number of hydrogen-bond donors (Lipinski definition) is 0. The van der Waals surface area contributed by atoms with Crippen LogP contribution in [0.2, 0.25) is 0 Å². The molecule has 0 N–H and O–H groups in total. The molecule has 0 bridgehead atoms. The van der Waals surface area contributed by atoms with Crippen LogP contribution >= 0.6 is 0 Å². The maximum atomic E-state index is 13.0. The zero-order valence-electron chi connectivity index (χ0n) is 17.6. The highest BCUT2D eigenvalue weighted by Gasteiger charge is 2.41. The summed E-state index contributed by atoms with van der Waals surface area (Å²) in [6.07, 6.45) is 9.05. The lowest BCUT2D eigenvalue weighted by Gasteiger charge is -2.47. The summed E-state index contributed by atoms with van der Waals surface area (Å²) in [5.74, 6) is 2.20. The minimum atomic E-state index is 0.243. The van der Waals surface area contributed by atoms with Gasteiger partial charge in [-0.15, -0.1) is 0 Å². The van der Waals surface area contributed by atoms with E-state index in [2.05, 4.69) is 15.9 Å². The zero-order valence-corrected chi connectivity index (χ0v) is 17.6. The van der Waals surface area contributed by atoms with Gasteiger partial charge in [-0.2, -0.15) is 0 Å². The van der Waals surface area contributed by atoms with Crippen molar-refractivity contribution >= 4 is 11.8 Å². The standard InChI is InChI=1S/C24H34N2O3/c1-29-22-10-6-5-7-18(22)13-16-26-21-14-15-25(17-20(21)11-12-23(26)27)24(28)19-8-3-2-4-9-19/h5-7,10,19-21H,2-4,8-9,11-17H2,1H3/t20-,21+/m1/s1. The van der Waals surface area contributed by atoms with Gasteiger partial charge in [0, 0.05) is 38.0 Å². The third kappa shape index (κ3) is 4.44. The van der Waals surface area contributed by atoms with E-state index in [4.69, 9.17) is 4.74 Å². The Bertz CT molecular complexity index is 729. The zero-order chi connectivity index (χ0) is 20.2. The highest BCUT2D eigenvalue weighted by atomic mass is 16.5. The van der Waals surface area contributed by atoms with Gasteiger partial charge in [-0.05, 0) is 49.7 Å². The minimum absolute atomic E-state index is 0.243. The molecule has 5 nitrogen and oxygen atoms in total. The van der Waals surface area contributed by atoms with E-state index in [1.165, 1.54) is 19.3 Å². The smallest absolute Gasteiger partial charge is 0.225 e. The van der Waals surface area contributed by atoms with Crippen LogP contribution in [-0.4, -0.2) is 54.4 Å². The van der Waals surface area contributed by atoms with Crippen LogP contribution < -0.4 is 4.74 Å². The number of amides is 2. The summed E-state index contributed by atoms with van der Waals surface area (Å²) in [5, 5.41) is 0. The van der Waals surface area contributed by atoms with E-state index in [1.54, 1.807) is 7.11 Å². The predicted octanol–water partition coefficient (Wildman–Crippen LogP) is 3.66. The van der Waals surface area contributed by atoms with E-state index in [9.17, 15) is 9.59 Å². The minimum Gasteiger partial charge on any atom is -0.496 e. The van der Waals surface area contributed by atoms with Crippen molar-refractivity contribution in [1.29, 1.82) is 0 Å². The molecular formula is C24H34N2O3. The lowest BCUT2D eigenvalue weighted by atomic mass is 9.82. The second kappa shape index (κ2) is 9.19. The molecule has 158 valence electrons. The average Bonchev–Trinajstić information content (AvgIpc) is 2.78. The number of carbonyl (C=O) groups excluding carboxylic acids is 2. The molecule has 0 aromatic heterocycles. The van der Waals surface area contributed by atoms with Crippen LogP contribution in [0, 0.1) is 11.8 Å². The molecule has 2 aliphatic heterocycles. The van der Waals surface area contributed by atoms with Gasteiger partial charge in [0.15, 0.2) is 0 Å². The number of rotatable bonds is 5. The largest absolute Gasteiger partial charge is 0.496 e. The van der Waals surface area contributed by atoms with Crippen molar-refractivity contribution in [3.05, 3.63) is 29.8 Å². The van der Waals surface area contributed by atoms with Crippen molar-refractivity contribution in [2.24, 2.45) is 11.8 Å². The highest BCUT2D eigenvalue weighted by Crippen LogP contribution is 2.34. The monoisotopic (exact) mass is 398 g/mol. The van der Waals surface area contributed by atoms with E-state index in [1.807, 2.05) is 18.2 Å². The summed E-state index contributed by atoms with van der Waals surface area (Å²) >= 11 is 0. The van der Waals surface area contributed by atoms with Crippen molar-refractivity contribution in [3.63, 3.8) is 0 Å². The molecule has 2 atom stereocenters. The summed E-state index contributed by atoms with van der Waals surface area (Å²) in [6, 6.07) is 8.33. The molecule has 5 heteroatoms. The van der Waals surface area contributed by atoms with E-state index >= 15 is 0 Å². The van der Waals surface area contributed by atoms with Crippen molar-refractivity contribution < 1.29 is 14.3 Å². The molecule has 0 radical (unpaired) electrons. The number of carbonyl (C=O) groups is 2. The fourth-order valence-corrected chi connectivity index (χ4v) is 5.60. The summed E-state index contributed by atoms with van der Waals surface area (Å²) in [5.41, 5.74) is 1.15. The van der Waals surface area contributed by atoms with Crippen molar-refractivity contribution in [1.82, 2.24) is 9.80 Å². The molecule has 4 rings (SSSR count). The molecule has 2 amide bonds. The number of nitrogens with zero attached hydrogens (tertiary/aromatic N) is 2. The van der Waals surface area contributed by atoms with Crippen LogP contribution in [0.5, 0.6) is 5.75 Å². The first-order valence-electron chi connectivity index (χ1n) is 11.4. The van der Waals surface area contributed by atoms with Crippen LogP contribution in [0.3, 0.4) is 0 Å². The Balaban J connectivity index is 1.38. The van der Waals surface area contributed by atoms with Crippen LogP contribution in [-0.2, 0) is 16.0 Å². The fourth-order valence-electron chi connectivity index (χ4n) is 5.60. The molecule has 29 heavy (non-hydrogen) atoms. The quantitative estimate of drug-likeness (QED) is 0.761. The highest BCUT2D eigenvalue weighted by molar-refractivity contribution is 5.80. The van der Waals surface area contributed by atoms with Gasteiger partial charge in [0.1, 0.15) is 5.75 Å². The molecule has 1 aromatic rings. The van der Waals surface area contributed by atoms with Gasteiger partial charge in [-0.3, -0.25) is 9.59 Å². The van der Waals surface area contributed by atoms with Crippen LogP contribution in [0.1, 0.15) is 56.9 Å². The second-order valence-corrected chi connectivity index (χ2v) is 8.92. The summed E-state index contributed by atoms with van der Waals surface area (Å²) in [4.78, 5) is 29.9. The molecule has 0 unspecified atom stereocenters. The Hall–Kier alpha value is -2.04. The molecule has 2 saturated heterocycles. The topological polar surface area (TPSA) is 49.9 Å². The number of ether oxygens (including phenoxy) is 1. The van der Waals surface area contributed by atoms with Crippen molar-refractivity contribution in [2.45, 2.75) is 63.8 Å². The number of benzene rings is 1. The Labute approximate surface area is 174 Å². The molecule has 1 aliphatic carbocycles. The first-order valence-corrected chi connectivity index (χ1v) is 11.4. The lowest BCUT2D eigenvalue weighted by molar-refractivity contribution is -0.146.